The van der Waals surface area contributed by atoms with E-state index < -0.39 is 16.4 Å². The zero-order valence-corrected chi connectivity index (χ0v) is 22.3. The van der Waals surface area contributed by atoms with E-state index in [-0.39, 0.29) is 30.3 Å². The molecule has 4 heterocycles. The second-order valence-electron chi connectivity index (χ2n) is 9.41. The highest BCUT2D eigenvalue weighted by molar-refractivity contribution is 7.84. The van der Waals surface area contributed by atoms with Crippen molar-refractivity contribution in [3.8, 4) is 0 Å². The molecule has 1 aliphatic carbocycles. The summed E-state index contributed by atoms with van der Waals surface area (Å²) >= 11 is 7.46. The average molecular weight is 568 g/mol. The van der Waals surface area contributed by atoms with Crippen LogP contribution in [-0.2, 0) is 32.1 Å². The molecule has 3 aromatic rings. The van der Waals surface area contributed by atoms with Gasteiger partial charge in [0.1, 0.15) is 18.2 Å². The van der Waals surface area contributed by atoms with Crippen LogP contribution in [0.25, 0.3) is 0 Å². The summed E-state index contributed by atoms with van der Waals surface area (Å²) in [7, 11) is -4.08. The summed E-state index contributed by atoms with van der Waals surface area (Å²) in [5.74, 6) is 0.225. The second-order valence-corrected chi connectivity index (χ2v) is 12.3. The van der Waals surface area contributed by atoms with Crippen molar-refractivity contribution in [1.82, 2.24) is 9.97 Å². The summed E-state index contributed by atoms with van der Waals surface area (Å²) in [4.78, 5) is 23.5. The van der Waals surface area contributed by atoms with Crippen LogP contribution in [0.5, 0.6) is 0 Å². The Morgan fingerprint density at radius 3 is 2.92 bits per heavy atom. The number of hydrogen-bond acceptors (Lipinski definition) is 10. The van der Waals surface area contributed by atoms with Gasteiger partial charge in [-0.2, -0.15) is 8.42 Å². The standard InChI is InChI=1S/C24H26ClN3O7S2/c1-12-15(24-16-8-22(25)35-20(16)2-3-33-24)7-21(36-12)23(30)17-9-27-11-28-18(17)5-13-4-14(19(29)6-13)10-34-37(26,31)32/h7-9,11,13-14,19,24,29H,2-6,10H2,1H3,(H2,26,31,32)/t13-,14+,19-,24?/m0/s1. The van der Waals surface area contributed by atoms with Crippen molar-refractivity contribution in [1.29, 1.82) is 0 Å². The van der Waals surface area contributed by atoms with E-state index in [4.69, 9.17) is 25.9 Å². The van der Waals surface area contributed by atoms with Gasteiger partial charge in [-0.15, -0.1) is 11.3 Å². The van der Waals surface area contributed by atoms with Crippen molar-refractivity contribution in [3.05, 3.63) is 67.8 Å². The lowest BCUT2D eigenvalue weighted by molar-refractivity contribution is 0.0643. The van der Waals surface area contributed by atoms with Crippen LogP contribution in [0.3, 0.4) is 0 Å². The first kappa shape index (κ1) is 26.4. The fraction of sp³-hybridized carbons (Fsp3) is 0.458. The number of aryl methyl sites for hydroxylation is 1. The number of carbonyl (C=O) groups is 1. The fourth-order valence-corrected chi connectivity index (χ4v) is 6.75. The minimum atomic E-state index is -4.08. The SMILES string of the molecule is Cc1sc(C(=O)c2cncnc2C[C@@H]2C[C@H](COS(N)(=O)=O)[C@@H](O)C2)cc1C1OCCc2oc(Cl)cc21. The Labute approximate surface area is 223 Å². The maximum absolute atomic E-state index is 13.6. The Balaban J connectivity index is 1.34. The Morgan fingerprint density at radius 2 is 2.14 bits per heavy atom. The number of ether oxygens (including phenoxy) is 1. The molecular weight excluding hydrogens is 542 g/mol. The molecule has 2 aliphatic rings. The van der Waals surface area contributed by atoms with Crippen molar-refractivity contribution in [2.45, 2.75) is 44.8 Å². The molecule has 3 aromatic heterocycles. The van der Waals surface area contributed by atoms with Gasteiger partial charge in [0.15, 0.2) is 5.22 Å². The van der Waals surface area contributed by atoms with Crippen molar-refractivity contribution in [3.63, 3.8) is 0 Å². The number of carbonyl (C=O) groups excluding carboxylic acids is 1. The van der Waals surface area contributed by atoms with Crippen molar-refractivity contribution < 1.29 is 31.7 Å². The average Bonchev–Trinajstić information content (AvgIpc) is 3.52. The summed E-state index contributed by atoms with van der Waals surface area (Å²) in [5.41, 5.74) is 2.74. The molecule has 1 saturated carbocycles. The molecule has 0 radical (unpaired) electrons. The summed E-state index contributed by atoms with van der Waals surface area (Å²) in [6.07, 6.45) is 3.85. The van der Waals surface area contributed by atoms with Crippen LogP contribution in [-0.4, -0.2) is 48.6 Å². The van der Waals surface area contributed by atoms with E-state index in [0.717, 1.165) is 21.8 Å². The molecule has 4 atom stereocenters. The first-order valence-corrected chi connectivity index (χ1v) is 14.4. The van der Waals surface area contributed by atoms with Crippen LogP contribution in [0.4, 0.5) is 0 Å². The zero-order valence-electron chi connectivity index (χ0n) is 19.9. The van der Waals surface area contributed by atoms with Gasteiger partial charge in [-0.3, -0.25) is 8.98 Å². The molecule has 0 saturated heterocycles. The summed E-state index contributed by atoms with van der Waals surface area (Å²) in [5, 5.41) is 15.6. The number of fused-ring (bicyclic) bond motifs is 1. The third kappa shape index (κ3) is 5.80. The number of halogens is 1. The second kappa shape index (κ2) is 10.5. The van der Waals surface area contributed by atoms with Gasteiger partial charge < -0.3 is 14.3 Å². The Morgan fingerprint density at radius 1 is 1.32 bits per heavy atom. The van der Waals surface area contributed by atoms with E-state index in [1.165, 1.54) is 23.9 Å². The molecule has 10 nitrogen and oxygen atoms in total. The molecular formula is C24H26ClN3O7S2. The molecule has 0 spiro atoms. The van der Waals surface area contributed by atoms with Crippen LogP contribution in [0, 0.1) is 18.8 Å². The third-order valence-corrected chi connectivity index (χ3v) is 8.61. The van der Waals surface area contributed by atoms with E-state index in [1.54, 1.807) is 6.07 Å². The minimum absolute atomic E-state index is 0.00828. The molecule has 5 rings (SSSR count). The first-order valence-electron chi connectivity index (χ1n) is 11.8. The van der Waals surface area contributed by atoms with E-state index in [9.17, 15) is 18.3 Å². The van der Waals surface area contributed by atoms with Crippen molar-refractivity contribution >= 4 is 39.0 Å². The van der Waals surface area contributed by atoms with Crippen LogP contribution in [0.15, 0.2) is 29.1 Å². The Bertz CT molecular complexity index is 1420. The van der Waals surface area contributed by atoms with Crippen molar-refractivity contribution in [2.24, 2.45) is 17.0 Å². The van der Waals surface area contributed by atoms with Crippen molar-refractivity contribution in [2.75, 3.05) is 13.2 Å². The predicted octanol–water partition coefficient (Wildman–Crippen LogP) is 3.14. The number of nitrogens with two attached hydrogens (primary N) is 1. The van der Waals surface area contributed by atoms with Gasteiger partial charge in [0.05, 0.1) is 35.5 Å². The Hall–Kier alpha value is -2.19. The lowest BCUT2D eigenvalue weighted by Gasteiger charge is -2.22. The number of furan rings is 1. The number of aliphatic hydroxyl groups is 1. The number of hydrogen-bond donors (Lipinski definition) is 2. The number of thiophene rings is 1. The smallest absolute Gasteiger partial charge is 0.333 e. The van der Waals surface area contributed by atoms with Crippen LogP contribution in [0.2, 0.25) is 5.22 Å². The molecule has 0 bridgehead atoms. The largest absolute Gasteiger partial charge is 0.449 e. The van der Waals surface area contributed by atoms with Gasteiger partial charge in [-0.1, -0.05) is 0 Å². The molecule has 1 aliphatic heterocycles. The number of aliphatic hydroxyl groups excluding tert-OH is 1. The van der Waals surface area contributed by atoms with Gasteiger partial charge in [0.25, 0.3) is 0 Å². The molecule has 1 unspecified atom stereocenters. The highest BCUT2D eigenvalue weighted by Crippen LogP contribution is 2.40. The maximum atomic E-state index is 13.6. The quantitative estimate of drug-likeness (QED) is 0.390. The molecule has 37 heavy (non-hydrogen) atoms. The number of ketones is 1. The van der Waals surface area contributed by atoms with E-state index in [0.29, 0.717) is 53.6 Å². The molecule has 3 N–H and O–H groups in total. The third-order valence-electron chi connectivity index (χ3n) is 6.89. The number of nitrogens with zero attached hydrogens (tertiary/aromatic N) is 2. The lowest BCUT2D eigenvalue weighted by atomic mass is 9.95. The maximum Gasteiger partial charge on any atom is 0.333 e. The first-order chi connectivity index (χ1) is 17.6. The topological polar surface area (TPSA) is 155 Å². The normalized spacial score (nSPS) is 23.8. The van der Waals surface area contributed by atoms with E-state index in [2.05, 4.69) is 14.2 Å². The minimum Gasteiger partial charge on any atom is -0.449 e. The molecule has 1 fully saturated rings. The number of rotatable bonds is 8. The predicted molar refractivity (Wildman–Crippen MR) is 135 cm³/mol. The van der Waals surface area contributed by atoms with Crippen LogP contribution >= 0.6 is 22.9 Å². The summed E-state index contributed by atoms with van der Waals surface area (Å²) in [6, 6.07) is 3.61. The molecule has 13 heteroatoms. The molecule has 0 aromatic carbocycles. The lowest BCUT2D eigenvalue weighted by Crippen LogP contribution is -2.24. The van der Waals surface area contributed by atoms with Crippen LogP contribution < -0.4 is 5.14 Å². The van der Waals surface area contributed by atoms with Gasteiger partial charge in [-0.25, -0.2) is 15.1 Å². The fourth-order valence-electron chi connectivity index (χ4n) is 5.17. The number of aromatic nitrogens is 2. The van der Waals surface area contributed by atoms with Gasteiger partial charge >= 0.3 is 10.3 Å². The highest BCUT2D eigenvalue weighted by atomic mass is 35.5. The highest BCUT2D eigenvalue weighted by Gasteiger charge is 2.35. The molecule has 198 valence electrons. The Kier molecular flexibility index (Phi) is 7.51. The monoisotopic (exact) mass is 567 g/mol. The van der Waals surface area contributed by atoms with E-state index >= 15 is 0 Å². The van der Waals surface area contributed by atoms with Gasteiger partial charge in [0.2, 0.25) is 5.78 Å². The zero-order chi connectivity index (χ0) is 26.3. The van der Waals surface area contributed by atoms with Gasteiger partial charge in [-0.05, 0) is 55.3 Å². The molecule has 0 amide bonds. The summed E-state index contributed by atoms with van der Waals surface area (Å²) in [6.45, 7) is 2.26. The van der Waals surface area contributed by atoms with Gasteiger partial charge in [0, 0.05) is 35.0 Å². The summed E-state index contributed by atoms with van der Waals surface area (Å²) < 4.78 is 38.5. The van der Waals surface area contributed by atoms with Crippen LogP contribution in [0.1, 0.15) is 61.6 Å². The van der Waals surface area contributed by atoms with E-state index in [1.807, 2.05) is 13.0 Å².